The Kier molecular flexibility index (Phi) is 11.4. The van der Waals surface area contributed by atoms with E-state index in [9.17, 15) is 14.4 Å². The monoisotopic (exact) mass is 505 g/mol. The van der Waals surface area contributed by atoms with Crippen molar-refractivity contribution < 1.29 is 19.1 Å². The molecule has 1 aromatic heterocycles. The molecule has 0 unspecified atom stereocenters. The molecule has 0 bridgehead atoms. The van der Waals surface area contributed by atoms with Gasteiger partial charge in [-0.25, -0.2) is 4.79 Å². The molecule has 1 aliphatic heterocycles. The molecule has 2 heterocycles. The molecule has 194 valence electrons. The van der Waals surface area contributed by atoms with Crippen LogP contribution in [0.3, 0.4) is 0 Å². The van der Waals surface area contributed by atoms with Gasteiger partial charge in [-0.1, -0.05) is 18.3 Å². The first-order valence-corrected chi connectivity index (χ1v) is 12.7. The van der Waals surface area contributed by atoms with Gasteiger partial charge in [0.2, 0.25) is 11.8 Å². The summed E-state index contributed by atoms with van der Waals surface area (Å²) in [6.07, 6.45) is 6.90. The van der Waals surface area contributed by atoms with Crippen molar-refractivity contribution >= 4 is 35.1 Å². The number of nitrogens with zero attached hydrogens (tertiary/aromatic N) is 2. The lowest BCUT2D eigenvalue weighted by molar-refractivity contribution is -0.131. The summed E-state index contributed by atoms with van der Waals surface area (Å²) in [5.41, 5.74) is 0.376. The standard InChI is InChI=1S/C25H39N5O4S/c1-18(35)27-14-6-5-10-20(22(31)28-15-12-19-9-7-13-26-17-19)29-23(32)21-11-8-16-30(21)24(33)34-25(2,3)4/h7,9,13,17,20-21H,5-6,8,10-12,14-16H2,1-4H3,(H,27,35)(H,28,31)(H,29,32)/t20-,21-/m0/s1. The van der Waals surface area contributed by atoms with Gasteiger partial charge in [0.05, 0.1) is 4.99 Å². The number of hydrogen-bond donors (Lipinski definition) is 3. The van der Waals surface area contributed by atoms with Gasteiger partial charge in [-0.15, -0.1) is 0 Å². The number of thiocarbonyl (C=S) groups is 1. The lowest BCUT2D eigenvalue weighted by atomic mass is 10.1. The fourth-order valence-electron chi connectivity index (χ4n) is 3.85. The molecule has 3 amide bonds. The lowest BCUT2D eigenvalue weighted by Crippen LogP contribution is -2.53. The number of pyridine rings is 1. The van der Waals surface area contributed by atoms with E-state index >= 15 is 0 Å². The molecule has 0 saturated carbocycles. The second-order valence-corrected chi connectivity index (χ2v) is 10.4. The molecular formula is C25H39N5O4S. The predicted molar refractivity (Wildman–Crippen MR) is 139 cm³/mol. The number of ether oxygens (including phenoxy) is 1. The Morgan fingerprint density at radius 1 is 1.23 bits per heavy atom. The van der Waals surface area contributed by atoms with Crippen molar-refractivity contribution in [2.45, 2.75) is 83.9 Å². The van der Waals surface area contributed by atoms with Gasteiger partial charge in [-0.05, 0) is 77.8 Å². The fourth-order valence-corrected chi connectivity index (χ4v) is 3.95. The van der Waals surface area contributed by atoms with Crippen molar-refractivity contribution in [1.29, 1.82) is 0 Å². The zero-order chi connectivity index (χ0) is 25.8. The van der Waals surface area contributed by atoms with Crippen molar-refractivity contribution in [3.63, 3.8) is 0 Å². The molecule has 35 heavy (non-hydrogen) atoms. The van der Waals surface area contributed by atoms with Crippen LogP contribution in [0.5, 0.6) is 0 Å². The van der Waals surface area contributed by atoms with E-state index in [1.54, 1.807) is 33.2 Å². The quantitative estimate of drug-likeness (QED) is 0.313. The summed E-state index contributed by atoms with van der Waals surface area (Å²) in [5, 5.41) is 8.93. The molecule has 0 spiro atoms. The molecule has 0 radical (unpaired) electrons. The number of carbonyl (C=O) groups excluding carboxylic acids is 3. The Morgan fingerprint density at radius 2 is 2.00 bits per heavy atom. The van der Waals surface area contributed by atoms with Crippen LogP contribution >= 0.6 is 12.2 Å². The van der Waals surface area contributed by atoms with E-state index in [1.165, 1.54) is 4.90 Å². The highest BCUT2D eigenvalue weighted by Gasteiger charge is 2.37. The smallest absolute Gasteiger partial charge is 0.410 e. The van der Waals surface area contributed by atoms with E-state index in [2.05, 4.69) is 20.9 Å². The number of nitrogens with one attached hydrogen (secondary N) is 3. The van der Waals surface area contributed by atoms with Crippen LogP contribution in [-0.2, 0) is 20.7 Å². The maximum atomic E-state index is 13.1. The highest BCUT2D eigenvalue weighted by Crippen LogP contribution is 2.21. The van der Waals surface area contributed by atoms with Crippen LogP contribution in [0, 0.1) is 0 Å². The fraction of sp³-hybridized carbons (Fsp3) is 0.640. The van der Waals surface area contributed by atoms with Crippen molar-refractivity contribution in [2.75, 3.05) is 19.6 Å². The van der Waals surface area contributed by atoms with Gasteiger partial charge < -0.3 is 20.7 Å². The normalized spacial score (nSPS) is 16.3. The largest absolute Gasteiger partial charge is 0.444 e. The molecule has 2 rings (SSSR count). The maximum absolute atomic E-state index is 13.1. The summed E-state index contributed by atoms with van der Waals surface area (Å²) in [7, 11) is 0. The van der Waals surface area contributed by atoms with Gasteiger partial charge in [0, 0.05) is 32.0 Å². The first kappa shape index (κ1) is 28.5. The number of likely N-dealkylation sites (tertiary alicyclic amines) is 1. The van der Waals surface area contributed by atoms with Crippen LogP contribution in [0.25, 0.3) is 0 Å². The summed E-state index contributed by atoms with van der Waals surface area (Å²) >= 11 is 5.03. The molecule has 1 saturated heterocycles. The Labute approximate surface area is 213 Å². The molecule has 1 aromatic rings. The first-order chi connectivity index (χ1) is 16.6. The average molecular weight is 506 g/mol. The van der Waals surface area contributed by atoms with Crippen LogP contribution in [0.4, 0.5) is 4.79 Å². The molecule has 10 heteroatoms. The molecule has 0 aliphatic carbocycles. The van der Waals surface area contributed by atoms with E-state index in [-0.39, 0.29) is 11.8 Å². The van der Waals surface area contributed by atoms with Gasteiger partial charge in [-0.2, -0.15) is 0 Å². The van der Waals surface area contributed by atoms with Crippen LogP contribution in [0.1, 0.15) is 65.4 Å². The number of carbonyl (C=O) groups is 3. The SMILES string of the molecule is CC(=S)NCCCC[C@H](NC(=O)[C@@H]1CCCN1C(=O)OC(C)(C)C)C(=O)NCCc1cccnc1. The summed E-state index contributed by atoms with van der Waals surface area (Å²) in [4.78, 5) is 45.0. The third-order valence-corrected chi connectivity index (χ3v) is 5.69. The van der Waals surface area contributed by atoms with Crippen LogP contribution in [0.2, 0.25) is 0 Å². The average Bonchev–Trinajstić information content (AvgIpc) is 3.28. The minimum atomic E-state index is -0.689. The first-order valence-electron chi connectivity index (χ1n) is 12.3. The Hall–Kier alpha value is -2.75. The molecule has 3 N–H and O–H groups in total. The highest BCUT2D eigenvalue weighted by atomic mass is 32.1. The Bertz CT molecular complexity index is 859. The van der Waals surface area contributed by atoms with E-state index < -0.39 is 23.8 Å². The zero-order valence-corrected chi connectivity index (χ0v) is 22.1. The van der Waals surface area contributed by atoms with Crippen LogP contribution in [0.15, 0.2) is 24.5 Å². The summed E-state index contributed by atoms with van der Waals surface area (Å²) < 4.78 is 5.47. The van der Waals surface area contributed by atoms with Crippen molar-refractivity contribution in [2.24, 2.45) is 0 Å². The van der Waals surface area contributed by atoms with Crippen LogP contribution < -0.4 is 16.0 Å². The van der Waals surface area contributed by atoms with E-state index in [1.807, 2.05) is 19.1 Å². The van der Waals surface area contributed by atoms with E-state index in [0.717, 1.165) is 23.4 Å². The number of hydrogen-bond acceptors (Lipinski definition) is 6. The molecule has 0 aromatic carbocycles. The van der Waals surface area contributed by atoms with E-state index in [4.69, 9.17) is 17.0 Å². The van der Waals surface area contributed by atoms with Gasteiger partial charge in [0.15, 0.2) is 0 Å². The predicted octanol–water partition coefficient (Wildman–Crippen LogP) is 2.73. The van der Waals surface area contributed by atoms with E-state index in [0.29, 0.717) is 45.3 Å². The van der Waals surface area contributed by atoms with Crippen molar-refractivity contribution in [3.8, 4) is 0 Å². The number of aromatic nitrogens is 1. The summed E-state index contributed by atoms with van der Waals surface area (Å²) in [6, 6.07) is 2.48. The number of amides is 3. The van der Waals surface area contributed by atoms with Crippen molar-refractivity contribution in [3.05, 3.63) is 30.1 Å². The minimum Gasteiger partial charge on any atom is -0.444 e. The van der Waals surface area contributed by atoms with Crippen molar-refractivity contribution in [1.82, 2.24) is 25.8 Å². The molecule has 1 aliphatic rings. The molecule has 9 nitrogen and oxygen atoms in total. The lowest BCUT2D eigenvalue weighted by Gasteiger charge is -2.29. The number of unbranched alkanes of at least 4 members (excludes halogenated alkanes) is 1. The minimum absolute atomic E-state index is 0.233. The van der Waals surface area contributed by atoms with Gasteiger partial charge in [0.25, 0.3) is 0 Å². The van der Waals surface area contributed by atoms with Gasteiger partial charge in [0.1, 0.15) is 17.7 Å². The van der Waals surface area contributed by atoms with Gasteiger partial charge >= 0.3 is 6.09 Å². The second-order valence-electron chi connectivity index (χ2n) is 9.77. The summed E-state index contributed by atoms with van der Waals surface area (Å²) in [6.45, 7) is 8.82. The molecule has 2 atom stereocenters. The molecular weight excluding hydrogens is 466 g/mol. The topological polar surface area (TPSA) is 113 Å². The third kappa shape index (κ3) is 10.6. The third-order valence-electron chi connectivity index (χ3n) is 5.55. The van der Waals surface area contributed by atoms with Gasteiger partial charge in [-0.3, -0.25) is 19.5 Å². The second kappa shape index (κ2) is 14.0. The highest BCUT2D eigenvalue weighted by molar-refractivity contribution is 7.80. The summed E-state index contributed by atoms with van der Waals surface area (Å²) in [5.74, 6) is -0.559. The molecule has 1 fully saturated rings. The zero-order valence-electron chi connectivity index (χ0n) is 21.3. The Morgan fingerprint density at radius 3 is 2.66 bits per heavy atom. The Balaban J connectivity index is 1.97. The van der Waals surface area contributed by atoms with Crippen LogP contribution in [-0.4, -0.2) is 70.1 Å². The maximum Gasteiger partial charge on any atom is 0.410 e. The number of rotatable bonds is 11.